The van der Waals surface area contributed by atoms with Gasteiger partial charge in [-0.15, -0.1) is 11.3 Å². The maximum Gasteiger partial charge on any atom is 0.153 e. The largest absolute Gasteiger partial charge is 0.308 e. The molecule has 0 aliphatic carbocycles. The maximum atomic E-state index is 5.49. The van der Waals surface area contributed by atoms with Crippen LogP contribution in [0.15, 0.2) is 23.7 Å². The van der Waals surface area contributed by atoms with Crippen LogP contribution in [0.2, 0.25) is 0 Å². The summed E-state index contributed by atoms with van der Waals surface area (Å²) in [6.07, 6.45) is 1.76. The molecule has 3 rings (SSSR count). The molecule has 0 aromatic carbocycles. The zero-order valence-electron chi connectivity index (χ0n) is 9.79. The van der Waals surface area contributed by atoms with Crippen molar-refractivity contribution in [3.8, 4) is 0 Å². The first-order valence-corrected chi connectivity index (χ1v) is 6.35. The van der Waals surface area contributed by atoms with Crippen LogP contribution in [0.1, 0.15) is 11.5 Å². The first kappa shape index (κ1) is 11.1. The zero-order chi connectivity index (χ0) is 12.5. The van der Waals surface area contributed by atoms with E-state index in [1.54, 1.807) is 17.5 Å². The van der Waals surface area contributed by atoms with Gasteiger partial charge in [-0.1, -0.05) is 0 Å². The molecule has 0 unspecified atom stereocenters. The predicted molar refractivity (Wildman–Crippen MR) is 71.3 cm³/mol. The van der Waals surface area contributed by atoms with Crippen molar-refractivity contribution in [1.29, 1.82) is 0 Å². The van der Waals surface area contributed by atoms with Crippen LogP contribution in [0.5, 0.6) is 0 Å². The maximum absolute atomic E-state index is 5.49. The Morgan fingerprint density at radius 1 is 1.39 bits per heavy atom. The summed E-state index contributed by atoms with van der Waals surface area (Å²) in [7, 11) is 0. The molecule has 7 heteroatoms. The average Bonchev–Trinajstić information content (AvgIpc) is 2.98. The number of fused-ring (bicyclic) bond motifs is 1. The van der Waals surface area contributed by atoms with E-state index in [1.807, 2.05) is 29.1 Å². The molecule has 0 amide bonds. The Labute approximate surface area is 107 Å². The number of rotatable bonds is 3. The second-order valence-corrected chi connectivity index (χ2v) is 4.80. The van der Waals surface area contributed by atoms with Gasteiger partial charge in [-0.05, 0) is 24.4 Å². The molecular weight excluding hydrogens is 248 g/mol. The van der Waals surface area contributed by atoms with Crippen LogP contribution in [-0.4, -0.2) is 19.7 Å². The van der Waals surface area contributed by atoms with Gasteiger partial charge >= 0.3 is 0 Å². The molecule has 6 nitrogen and oxygen atoms in total. The lowest BCUT2D eigenvalue weighted by molar-refractivity contribution is 0.640. The molecule has 3 N–H and O–H groups in total. The molecule has 18 heavy (non-hydrogen) atoms. The smallest absolute Gasteiger partial charge is 0.153 e. The Bertz CT molecular complexity index is 686. The number of thiophene rings is 1. The number of nitrogens with zero attached hydrogens (tertiary/aromatic N) is 4. The molecule has 0 fully saturated rings. The first-order chi connectivity index (χ1) is 8.78. The first-order valence-electron chi connectivity index (χ1n) is 5.47. The quantitative estimate of drug-likeness (QED) is 0.551. The van der Waals surface area contributed by atoms with Crippen molar-refractivity contribution in [3.05, 3.63) is 35.2 Å². The molecule has 3 aromatic heterocycles. The number of aryl methyl sites for hydroxylation is 1. The van der Waals surface area contributed by atoms with Gasteiger partial charge in [0.15, 0.2) is 11.6 Å². The van der Waals surface area contributed by atoms with Gasteiger partial charge in [0.1, 0.15) is 11.4 Å². The standard InChI is InChI=1S/C11H12N6S/c1-7-2-4-13-17(7)6-9-14-10(16-12)8-3-5-18-11(8)15-9/h2-5H,6,12H2,1H3,(H,14,15,16). The van der Waals surface area contributed by atoms with E-state index < -0.39 is 0 Å². The molecule has 0 bridgehead atoms. The Morgan fingerprint density at radius 2 is 2.28 bits per heavy atom. The molecule has 3 heterocycles. The highest BCUT2D eigenvalue weighted by molar-refractivity contribution is 7.16. The molecule has 0 aliphatic heterocycles. The number of aromatic nitrogens is 4. The third-order valence-electron chi connectivity index (χ3n) is 2.73. The molecule has 0 atom stereocenters. The van der Waals surface area contributed by atoms with Crippen LogP contribution in [0, 0.1) is 6.92 Å². The van der Waals surface area contributed by atoms with Gasteiger partial charge in [0, 0.05) is 11.9 Å². The van der Waals surface area contributed by atoms with Crippen molar-refractivity contribution in [2.75, 3.05) is 5.43 Å². The van der Waals surface area contributed by atoms with E-state index in [2.05, 4.69) is 20.5 Å². The molecule has 3 aromatic rings. The summed E-state index contributed by atoms with van der Waals surface area (Å²) in [4.78, 5) is 9.85. The van der Waals surface area contributed by atoms with Gasteiger partial charge in [0.25, 0.3) is 0 Å². The highest BCUT2D eigenvalue weighted by atomic mass is 32.1. The van der Waals surface area contributed by atoms with Gasteiger partial charge in [-0.2, -0.15) is 5.10 Å². The average molecular weight is 260 g/mol. The number of hydrogen-bond acceptors (Lipinski definition) is 6. The van der Waals surface area contributed by atoms with Crippen LogP contribution in [-0.2, 0) is 6.54 Å². The summed E-state index contributed by atoms with van der Waals surface area (Å²) in [6.45, 7) is 2.54. The minimum absolute atomic E-state index is 0.543. The zero-order valence-corrected chi connectivity index (χ0v) is 10.6. The monoisotopic (exact) mass is 260 g/mol. The molecular formula is C11H12N6S. The summed E-state index contributed by atoms with van der Waals surface area (Å²) in [5, 5.41) is 7.15. The van der Waals surface area contributed by atoms with E-state index >= 15 is 0 Å². The fourth-order valence-corrected chi connectivity index (χ4v) is 2.56. The molecule has 0 saturated carbocycles. The number of hydrogen-bond donors (Lipinski definition) is 2. The van der Waals surface area contributed by atoms with Crippen LogP contribution in [0.25, 0.3) is 10.2 Å². The van der Waals surface area contributed by atoms with E-state index in [0.717, 1.165) is 15.9 Å². The highest BCUT2D eigenvalue weighted by Gasteiger charge is 2.09. The van der Waals surface area contributed by atoms with Crippen LogP contribution < -0.4 is 11.3 Å². The van der Waals surface area contributed by atoms with Crippen molar-refractivity contribution in [2.45, 2.75) is 13.5 Å². The second kappa shape index (κ2) is 4.35. The molecule has 0 radical (unpaired) electrons. The third kappa shape index (κ3) is 1.83. The topological polar surface area (TPSA) is 81.7 Å². The summed E-state index contributed by atoms with van der Waals surface area (Å²) in [6, 6.07) is 3.91. The van der Waals surface area contributed by atoms with Crippen molar-refractivity contribution in [2.24, 2.45) is 5.84 Å². The van der Waals surface area contributed by atoms with Crippen LogP contribution in [0.4, 0.5) is 5.82 Å². The molecule has 0 spiro atoms. The molecule has 0 saturated heterocycles. The van der Waals surface area contributed by atoms with Crippen molar-refractivity contribution in [1.82, 2.24) is 19.7 Å². The summed E-state index contributed by atoms with van der Waals surface area (Å²) in [5.41, 5.74) is 3.69. The van der Waals surface area contributed by atoms with E-state index in [0.29, 0.717) is 18.2 Å². The Kier molecular flexibility index (Phi) is 2.69. The van der Waals surface area contributed by atoms with Crippen LogP contribution >= 0.6 is 11.3 Å². The van der Waals surface area contributed by atoms with E-state index in [9.17, 15) is 0 Å². The SMILES string of the molecule is Cc1ccnn1Cc1nc(NN)c2ccsc2n1. The van der Waals surface area contributed by atoms with Gasteiger partial charge < -0.3 is 5.43 Å². The van der Waals surface area contributed by atoms with E-state index in [4.69, 9.17) is 5.84 Å². The van der Waals surface area contributed by atoms with Gasteiger partial charge in [-0.25, -0.2) is 15.8 Å². The van der Waals surface area contributed by atoms with Gasteiger partial charge in [-0.3, -0.25) is 4.68 Å². The molecule has 92 valence electrons. The lowest BCUT2D eigenvalue weighted by Crippen LogP contribution is -2.13. The van der Waals surface area contributed by atoms with E-state index in [-0.39, 0.29) is 0 Å². The minimum Gasteiger partial charge on any atom is -0.308 e. The minimum atomic E-state index is 0.543. The lowest BCUT2D eigenvalue weighted by atomic mass is 10.4. The summed E-state index contributed by atoms with van der Waals surface area (Å²) < 4.78 is 1.86. The Hall–Kier alpha value is -1.99. The van der Waals surface area contributed by atoms with Crippen LogP contribution in [0.3, 0.4) is 0 Å². The van der Waals surface area contributed by atoms with Gasteiger partial charge in [0.05, 0.1) is 5.39 Å². The summed E-state index contributed by atoms with van der Waals surface area (Å²) in [5.74, 6) is 6.84. The molecule has 0 aliphatic rings. The lowest BCUT2D eigenvalue weighted by Gasteiger charge is -2.06. The number of nitrogens with one attached hydrogen (secondary N) is 1. The highest BCUT2D eigenvalue weighted by Crippen LogP contribution is 2.24. The Balaban J connectivity index is 2.04. The second-order valence-electron chi connectivity index (χ2n) is 3.90. The third-order valence-corrected chi connectivity index (χ3v) is 3.53. The van der Waals surface area contributed by atoms with E-state index in [1.165, 1.54) is 0 Å². The number of anilines is 1. The normalized spacial score (nSPS) is 11.0. The van der Waals surface area contributed by atoms with Crippen molar-refractivity contribution in [3.63, 3.8) is 0 Å². The summed E-state index contributed by atoms with van der Waals surface area (Å²) >= 11 is 1.57. The Morgan fingerprint density at radius 3 is 3.00 bits per heavy atom. The number of nitrogen functional groups attached to an aromatic ring is 1. The number of hydrazine groups is 1. The predicted octanol–water partition coefficient (Wildman–Crippen LogP) is 1.53. The van der Waals surface area contributed by atoms with Gasteiger partial charge in [0.2, 0.25) is 0 Å². The number of nitrogens with two attached hydrogens (primary N) is 1. The fourth-order valence-electron chi connectivity index (χ4n) is 1.78. The fraction of sp³-hybridized carbons (Fsp3) is 0.182. The van der Waals surface area contributed by atoms with Crippen molar-refractivity contribution < 1.29 is 0 Å². The van der Waals surface area contributed by atoms with Crippen molar-refractivity contribution >= 4 is 27.4 Å².